The van der Waals surface area contributed by atoms with Crippen molar-refractivity contribution in [3.05, 3.63) is 65.2 Å². The van der Waals surface area contributed by atoms with Gasteiger partial charge in [0.25, 0.3) is 0 Å². The molecule has 0 amide bonds. The van der Waals surface area contributed by atoms with Crippen molar-refractivity contribution in [2.45, 2.75) is 58.2 Å². The van der Waals surface area contributed by atoms with E-state index in [9.17, 15) is 4.79 Å². The summed E-state index contributed by atoms with van der Waals surface area (Å²) >= 11 is 0. The maximum atomic E-state index is 12.4. The van der Waals surface area contributed by atoms with Gasteiger partial charge >= 0.3 is 5.97 Å². The van der Waals surface area contributed by atoms with Crippen molar-refractivity contribution >= 4 is 17.4 Å². The third-order valence-electron chi connectivity index (χ3n) is 6.90. The summed E-state index contributed by atoms with van der Waals surface area (Å²) in [5.74, 6) is -0.285. The number of fused-ring (bicyclic) bond motifs is 1. The van der Waals surface area contributed by atoms with Gasteiger partial charge in [-0.15, -0.1) is 0 Å². The van der Waals surface area contributed by atoms with Gasteiger partial charge in [0.2, 0.25) is 5.69 Å². The fourth-order valence-corrected chi connectivity index (χ4v) is 4.49. The molecular weight excluding hydrogens is 402 g/mol. The predicted octanol–water partition coefficient (Wildman–Crippen LogP) is 4.98. The molecule has 2 aliphatic heterocycles. The van der Waals surface area contributed by atoms with E-state index in [0.29, 0.717) is 25.4 Å². The molecule has 0 bridgehead atoms. The molecule has 0 spiro atoms. The number of hydrogen-bond donors (Lipinski definition) is 0. The third-order valence-corrected chi connectivity index (χ3v) is 6.90. The van der Waals surface area contributed by atoms with Crippen LogP contribution in [0.3, 0.4) is 0 Å². The SMILES string of the molecule is CC1=[N+](CCC2OCCO2)c2ccc(C(C)(C)COC(=O)c3ccccc3)cc2C1(C)C. The first-order valence-electron chi connectivity index (χ1n) is 11.4. The first-order chi connectivity index (χ1) is 15.2. The molecule has 2 aliphatic rings. The highest BCUT2D eigenvalue weighted by Gasteiger charge is 2.44. The van der Waals surface area contributed by atoms with Gasteiger partial charge < -0.3 is 14.2 Å². The van der Waals surface area contributed by atoms with Crippen molar-refractivity contribution in [3.63, 3.8) is 0 Å². The van der Waals surface area contributed by atoms with Gasteiger partial charge in [-0.25, -0.2) is 4.79 Å². The number of ether oxygens (including phenoxy) is 3. The number of rotatable bonds is 7. The Morgan fingerprint density at radius 3 is 2.50 bits per heavy atom. The van der Waals surface area contributed by atoms with Crippen molar-refractivity contribution < 1.29 is 23.6 Å². The Morgan fingerprint density at radius 1 is 1.12 bits per heavy atom. The zero-order valence-electron chi connectivity index (χ0n) is 19.8. The molecule has 0 N–H and O–H groups in total. The normalized spacial score (nSPS) is 18.2. The van der Waals surface area contributed by atoms with Crippen molar-refractivity contribution in [3.8, 4) is 0 Å². The van der Waals surface area contributed by atoms with Crippen LogP contribution in [0.25, 0.3) is 0 Å². The second-order valence-electron chi connectivity index (χ2n) is 9.88. The Morgan fingerprint density at radius 2 is 1.81 bits per heavy atom. The number of hydrogen-bond acceptors (Lipinski definition) is 4. The van der Waals surface area contributed by atoms with Gasteiger partial charge in [-0.05, 0) is 37.6 Å². The number of benzene rings is 2. The predicted molar refractivity (Wildman–Crippen MR) is 125 cm³/mol. The Kier molecular flexibility index (Phi) is 6.24. The average molecular weight is 437 g/mol. The molecule has 0 unspecified atom stereocenters. The van der Waals surface area contributed by atoms with E-state index in [4.69, 9.17) is 14.2 Å². The molecule has 170 valence electrons. The molecule has 1 saturated heterocycles. The first-order valence-corrected chi connectivity index (χ1v) is 11.4. The molecule has 0 saturated carbocycles. The molecular formula is C27H34NO4+. The summed E-state index contributed by atoms with van der Waals surface area (Å²) < 4.78 is 19.3. The minimum Gasteiger partial charge on any atom is -0.461 e. The molecule has 0 aliphatic carbocycles. The largest absolute Gasteiger partial charge is 0.461 e. The van der Waals surface area contributed by atoms with Gasteiger partial charge in [-0.2, -0.15) is 4.58 Å². The first kappa shape index (κ1) is 22.7. The van der Waals surface area contributed by atoms with E-state index in [1.54, 1.807) is 12.1 Å². The topological polar surface area (TPSA) is 47.8 Å². The molecule has 2 heterocycles. The minimum absolute atomic E-state index is 0.0699. The van der Waals surface area contributed by atoms with Crippen LogP contribution in [-0.4, -0.2) is 48.9 Å². The molecule has 2 aromatic carbocycles. The van der Waals surface area contributed by atoms with Gasteiger partial charge in [-0.1, -0.05) is 38.1 Å². The van der Waals surface area contributed by atoms with E-state index in [1.807, 2.05) is 18.2 Å². The molecule has 5 heteroatoms. The standard InChI is InChI=1S/C27H34NO4/c1-19-27(4,5)22-17-21(11-12-23(22)28(19)14-13-24-30-15-16-31-24)26(2,3)18-32-25(29)20-9-7-6-8-10-20/h6-12,17,24H,13-16,18H2,1-5H3/q+1. The van der Waals surface area contributed by atoms with Crippen LogP contribution < -0.4 is 0 Å². The Hall–Kier alpha value is -2.50. The Bertz CT molecular complexity index is 1020. The van der Waals surface area contributed by atoms with E-state index < -0.39 is 0 Å². The van der Waals surface area contributed by atoms with Crippen LogP contribution in [0.2, 0.25) is 0 Å². The molecule has 4 rings (SSSR count). The lowest BCUT2D eigenvalue weighted by Crippen LogP contribution is -2.29. The van der Waals surface area contributed by atoms with Crippen LogP contribution in [-0.2, 0) is 25.0 Å². The molecule has 0 atom stereocenters. The second-order valence-corrected chi connectivity index (χ2v) is 9.88. The number of carbonyl (C=O) groups is 1. The van der Waals surface area contributed by atoms with Crippen molar-refractivity contribution in [1.29, 1.82) is 0 Å². The summed E-state index contributed by atoms with van der Waals surface area (Å²) in [5, 5.41) is 0. The smallest absolute Gasteiger partial charge is 0.338 e. The Labute approximate surface area is 191 Å². The Balaban J connectivity index is 1.51. The van der Waals surface area contributed by atoms with Crippen LogP contribution in [0.4, 0.5) is 5.69 Å². The fraction of sp³-hybridized carbons (Fsp3) is 0.481. The van der Waals surface area contributed by atoms with E-state index in [0.717, 1.165) is 13.0 Å². The van der Waals surface area contributed by atoms with Crippen LogP contribution in [0, 0.1) is 0 Å². The molecule has 0 radical (unpaired) electrons. The van der Waals surface area contributed by atoms with Crippen molar-refractivity contribution in [2.24, 2.45) is 0 Å². The van der Waals surface area contributed by atoms with Crippen LogP contribution >= 0.6 is 0 Å². The van der Waals surface area contributed by atoms with Crippen LogP contribution in [0.1, 0.15) is 62.5 Å². The molecule has 5 nitrogen and oxygen atoms in total. The molecule has 32 heavy (non-hydrogen) atoms. The highest BCUT2D eigenvalue weighted by Crippen LogP contribution is 2.42. The third kappa shape index (κ3) is 4.37. The van der Waals surface area contributed by atoms with Gasteiger partial charge in [0.15, 0.2) is 18.5 Å². The monoisotopic (exact) mass is 436 g/mol. The summed E-state index contributed by atoms with van der Waals surface area (Å²) in [6.45, 7) is 13.6. The maximum absolute atomic E-state index is 12.4. The average Bonchev–Trinajstić information content (AvgIpc) is 3.37. The molecule has 2 aromatic rings. The number of nitrogens with zero attached hydrogens (tertiary/aromatic N) is 1. The van der Waals surface area contributed by atoms with Gasteiger partial charge in [0, 0.05) is 24.0 Å². The van der Waals surface area contributed by atoms with Crippen molar-refractivity contribution in [2.75, 3.05) is 26.4 Å². The summed E-state index contributed by atoms with van der Waals surface area (Å²) in [7, 11) is 0. The lowest BCUT2D eigenvalue weighted by Gasteiger charge is -2.26. The summed E-state index contributed by atoms with van der Waals surface area (Å²) in [6.07, 6.45) is 0.739. The van der Waals surface area contributed by atoms with Gasteiger partial charge in [-0.3, -0.25) is 0 Å². The fourth-order valence-electron chi connectivity index (χ4n) is 4.49. The van der Waals surface area contributed by atoms with Crippen LogP contribution in [0.15, 0.2) is 48.5 Å². The van der Waals surface area contributed by atoms with Gasteiger partial charge in [0.05, 0.1) is 30.6 Å². The highest BCUT2D eigenvalue weighted by atomic mass is 16.7. The highest BCUT2D eigenvalue weighted by molar-refractivity contribution is 5.93. The minimum atomic E-state index is -0.303. The summed E-state index contributed by atoms with van der Waals surface area (Å²) in [5.41, 5.74) is 5.25. The summed E-state index contributed by atoms with van der Waals surface area (Å²) in [6, 6.07) is 15.8. The lowest BCUT2D eigenvalue weighted by molar-refractivity contribution is -0.443. The maximum Gasteiger partial charge on any atom is 0.338 e. The van der Waals surface area contributed by atoms with E-state index >= 15 is 0 Å². The number of esters is 1. The van der Waals surface area contributed by atoms with Crippen molar-refractivity contribution in [1.82, 2.24) is 0 Å². The number of carbonyl (C=O) groups excluding carboxylic acids is 1. The quantitative estimate of drug-likeness (QED) is 0.454. The van der Waals surface area contributed by atoms with E-state index in [-0.39, 0.29) is 23.1 Å². The molecule has 1 fully saturated rings. The van der Waals surface area contributed by atoms with E-state index in [2.05, 4.69) is 57.4 Å². The molecule has 0 aromatic heterocycles. The van der Waals surface area contributed by atoms with Crippen LogP contribution in [0.5, 0.6) is 0 Å². The zero-order valence-corrected chi connectivity index (χ0v) is 19.8. The lowest BCUT2D eigenvalue weighted by atomic mass is 9.78. The van der Waals surface area contributed by atoms with Gasteiger partial charge in [0.1, 0.15) is 6.61 Å². The summed E-state index contributed by atoms with van der Waals surface area (Å²) in [4.78, 5) is 12.4. The second kappa shape index (κ2) is 8.80. The zero-order chi connectivity index (χ0) is 22.9. The van der Waals surface area contributed by atoms with E-state index in [1.165, 1.54) is 22.5 Å².